The summed E-state index contributed by atoms with van der Waals surface area (Å²) in [5, 5.41) is 5.25. The van der Waals surface area contributed by atoms with Crippen molar-refractivity contribution >= 4 is 17.5 Å². The number of anilines is 1. The number of rotatable bonds is 5. The molecular formula is C17H18N2O3. The summed E-state index contributed by atoms with van der Waals surface area (Å²) in [6, 6.07) is 13.9. The number of hydrogen-bond donors (Lipinski definition) is 2. The summed E-state index contributed by atoms with van der Waals surface area (Å²) in [6.07, 6.45) is 0. The minimum atomic E-state index is -0.373. The van der Waals surface area contributed by atoms with Crippen LogP contribution in [0.25, 0.3) is 0 Å². The SMILES string of the molecule is CC(=O)c1ccc(NC(=O)NCOc2ccc(C)cc2)cc1. The molecule has 2 aromatic carbocycles. The van der Waals surface area contributed by atoms with Gasteiger partial charge in [-0.25, -0.2) is 4.79 Å². The Kier molecular flexibility index (Phi) is 5.14. The van der Waals surface area contributed by atoms with E-state index < -0.39 is 0 Å². The van der Waals surface area contributed by atoms with E-state index in [4.69, 9.17) is 4.74 Å². The summed E-state index contributed by atoms with van der Waals surface area (Å²) < 4.78 is 5.40. The molecule has 2 amide bonds. The smallest absolute Gasteiger partial charge is 0.321 e. The fourth-order valence-electron chi connectivity index (χ4n) is 1.78. The van der Waals surface area contributed by atoms with Crippen LogP contribution < -0.4 is 15.4 Å². The Bertz CT molecular complexity index is 649. The van der Waals surface area contributed by atoms with Gasteiger partial charge < -0.3 is 15.4 Å². The first-order valence-corrected chi connectivity index (χ1v) is 6.90. The van der Waals surface area contributed by atoms with Crippen LogP contribution in [0.3, 0.4) is 0 Å². The molecule has 2 aromatic rings. The van der Waals surface area contributed by atoms with E-state index in [2.05, 4.69) is 10.6 Å². The maximum Gasteiger partial charge on any atom is 0.321 e. The van der Waals surface area contributed by atoms with Crippen LogP contribution in [0.1, 0.15) is 22.8 Å². The summed E-state index contributed by atoms with van der Waals surface area (Å²) in [7, 11) is 0. The maximum atomic E-state index is 11.7. The number of urea groups is 1. The Hall–Kier alpha value is -2.82. The molecule has 0 unspecified atom stereocenters. The molecule has 0 aromatic heterocycles. The quantitative estimate of drug-likeness (QED) is 0.657. The monoisotopic (exact) mass is 298 g/mol. The van der Waals surface area contributed by atoms with Crippen molar-refractivity contribution in [2.24, 2.45) is 0 Å². The predicted molar refractivity (Wildman–Crippen MR) is 85.3 cm³/mol. The third-order valence-electron chi connectivity index (χ3n) is 3.04. The van der Waals surface area contributed by atoms with E-state index in [1.807, 2.05) is 31.2 Å². The molecule has 0 spiro atoms. The summed E-state index contributed by atoms with van der Waals surface area (Å²) >= 11 is 0. The van der Waals surface area contributed by atoms with Crippen molar-refractivity contribution in [3.8, 4) is 5.75 Å². The molecule has 0 saturated heterocycles. The van der Waals surface area contributed by atoms with Gasteiger partial charge in [0, 0.05) is 11.3 Å². The number of ketones is 1. The van der Waals surface area contributed by atoms with Gasteiger partial charge in [-0.15, -0.1) is 0 Å². The second-order valence-electron chi connectivity index (χ2n) is 4.87. The molecule has 0 fully saturated rings. The number of hydrogen-bond acceptors (Lipinski definition) is 3. The Morgan fingerprint density at radius 3 is 2.23 bits per heavy atom. The predicted octanol–water partition coefficient (Wildman–Crippen LogP) is 3.36. The molecule has 0 aliphatic heterocycles. The lowest BCUT2D eigenvalue weighted by Crippen LogP contribution is -2.32. The van der Waals surface area contributed by atoms with Gasteiger partial charge in [-0.2, -0.15) is 0 Å². The molecular weight excluding hydrogens is 280 g/mol. The lowest BCUT2D eigenvalue weighted by molar-refractivity contribution is 0.101. The first-order chi connectivity index (χ1) is 10.5. The largest absolute Gasteiger partial charge is 0.473 e. The Labute approximate surface area is 129 Å². The average Bonchev–Trinajstić information content (AvgIpc) is 2.50. The fourth-order valence-corrected chi connectivity index (χ4v) is 1.78. The number of nitrogens with one attached hydrogen (secondary N) is 2. The van der Waals surface area contributed by atoms with Crippen molar-refractivity contribution in [3.63, 3.8) is 0 Å². The lowest BCUT2D eigenvalue weighted by atomic mass is 10.1. The number of amides is 2. The van der Waals surface area contributed by atoms with Gasteiger partial charge in [-0.1, -0.05) is 17.7 Å². The summed E-state index contributed by atoms with van der Waals surface area (Å²) in [4.78, 5) is 22.9. The van der Waals surface area contributed by atoms with E-state index in [1.54, 1.807) is 24.3 Å². The lowest BCUT2D eigenvalue weighted by Gasteiger charge is -2.09. The molecule has 5 nitrogen and oxygen atoms in total. The van der Waals surface area contributed by atoms with Crippen molar-refractivity contribution in [2.45, 2.75) is 13.8 Å². The van der Waals surface area contributed by atoms with E-state index in [9.17, 15) is 9.59 Å². The number of benzene rings is 2. The molecule has 2 N–H and O–H groups in total. The van der Waals surface area contributed by atoms with Gasteiger partial charge in [-0.05, 0) is 50.2 Å². The molecule has 0 atom stereocenters. The van der Waals surface area contributed by atoms with Gasteiger partial charge in [0.25, 0.3) is 0 Å². The van der Waals surface area contributed by atoms with E-state index in [1.165, 1.54) is 6.92 Å². The van der Waals surface area contributed by atoms with Gasteiger partial charge in [0.15, 0.2) is 12.5 Å². The number of aryl methyl sites for hydroxylation is 1. The van der Waals surface area contributed by atoms with Crippen LogP contribution in [0, 0.1) is 6.92 Å². The van der Waals surface area contributed by atoms with Crippen LogP contribution in [0.2, 0.25) is 0 Å². The normalized spacial score (nSPS) is 9.91. The van der Waals surface area contributed by atoms with Gasteiger partial charge in [0.1, 0.15) is 5.75 Å². The highest BCUT2D eigenvalue weighted by Gasteiger charge is 2.03. The molecule has 0 saturated carbocycles. The van der Waals surface area contributed by atoms with Crippen molar-refractivity contribution in [3.05, 3.63) is 59.7 Å². The zero-order chi connectivity index (χ0) is 15.9. The second kappa shape index (κ2) is 7.26. The summed E-state index contributed by atoms with van der Waals surface area (Å²) in [5.41, 5.74) is 2.36. The van der Waals surface area contributed by atoms with E-state index in [-0.39, 0.29) is 18.5 Å². The minimum absolute atomic E-state index is 0.0116. The molecule has 0 bridgehead atoms. The van der Waals surface area contributed by atoms with E-state index >= 15 is 0 Å². The van der Waals surface area contributed by atoms with E-state index in [0.29, 0.717) is 17.0 Å². The topological polar surface area (TPSA) is 67.4 Å². The standard InChI is InChI=1S/C17H18N2O3/c1-12-3-9-16(10-4-12)22-11-18-17(21)19-15-7-5-14(6-8-15)13(2)20/h3-10H,11H2,1-2H3,(H2,18,19,21). The molecule has 0 heterocycles. The maximum absolute atomic E-state index is 11.7. The van der Waals surface area contributed by atoms with Crippen LogP contribution in [0.4, 0.5) is 10.5 Å². The van der Waals surface area contributed by atoms with Crippen molar-refractivity contribution in [1.82, 2.24) is 5.32 Å². The molecule has 114 valence electrons. The number of carbonyl (C=O) groups is 2. The summed E-state index contributed by atoms with van der Waals surface area (Å²) in [6.45, 7) is 3.56. The van der Waals surface area contributed by atoms with Crippen molar-refractivity contribution < 1.29 is 14.3 Å². The van der Waals surface area contributed by atoms with Crippen LogP contribution in [0.5, 0.6) is 5.75 Å². The van der Waals surface area contributed by atoms with Gasteiger partial charge in [0.2, 0.25) is 0 Å². The van der Waals surface area contributed by atoms with Crippen molar-refractivity contribution in [1.29, 1.82) is 0 Å². The minimum Gasteiger partial charge on any atom is -0.473 e. The Morgan fingerprint density at radius 1 is 1.00 bits per heavy atom. The van der Waals surface area contributed by atoms with E-state index in [0.717, 1.165) is 5.56 Å². The van der Waals surface area contributed by atoms with Gasteiger partial charge in [0.05, 0.1) is 0 Å². The average molecular weight is 298 g/mol. The Morgan fingerprint density at radius 2 is 1.64 bits per heavy atom. The Balaban J connectivity index is 1.77. The van der Waals surface area contributed by atoms with Crippen LogP contribution >= 0.6 is 0 Å². The number of carbonyl (C=O) groups excluding carboxylic acids is 2. The third kappa shape index (κ3) is 4.63. The van der Waals surface area contributed by atoms with Crippen LogP contribution in [-0.2, 0) is 0 Å². The third-order valence-corrected chi connectivity index (χ3v) is 3.04. The number of Topliss-reactive ketones (excluding diaryl/α,β-unsaturated/α-hetero) is 1. The highest BCUT2D eigenvalue weighted by atomic mass is 16.5. The number of ether oxygens (including phenoxy) is 1. The summed E-state index contributed by atoms with van der Waals surface area (Å²) in [5.74, 6) is 0.680. The molecule has 5 heteroatoms. The van der Waals surface area contributed by atoms with Gasteiger partial charge in [-0.3, -0.25) is 4.79 Å². The fraction of sp³-hybridized carbons (Fsp3) is 0.176. The molecule has 0 aliphatic carbocycles. The van der Waals surface area contributed by atoms with Crippen molar-refractivity contribution in [2.75, 3.05) is 12.0 Å². The molecule has 2 rings (SSSR count). The first kappa shape index (κ1) is 15.6. The zero-order valence-electron chi connectivity index (χ0n) is 12.6. The molecule has 22 heavy (non-hydrogen) atoms. The highest BCUT2D eigenvalue weighted by molar-refractivity contribution is 5.95. The molecule has 0 radical (unpaired) electrons. The highest BCUT2D eigenvalue weighted by Crippen LogP contribution is 2.11. The zero-order valence-corrected chi connectivity index (χ0v) is 12.6. The molecule has 0 aliphatic rings. The van der Waals surface area contributed by atoms with Crippen LogP contribution in [0.15, 0.2) is 48.5 Å². The van der Waals surface area contributed by atoms with Gasteiger partial charge >= 0.3 is 6.03 Å². The van der Waals surface area contributed by atoms with Crippen LogP contribution in [-0.4, -0.2) is 18.5 Å². The first-order valence-electron chi connectivity index (χ1n) is 6.90. The second-order valence-corrected chi connectivity index (χ2v) is 4.87.